The SMILES string of the molecule is C[C@@H](NC(=O)c1ccco1)C(=O)NNC(=O)c1nn(-c2ccc(Cl)cc2)cc1O. The third-order valence-corrected chi connectivity index (χ3v) is 4.04. The summed E-state index contributed by atoms with van der Waals surface area (Å²) in [5, 5.41) is 16.9. The lowest BCUT2D eigenvalue weighted by Crippen LogP contribution is -2.51. The standard InChI is InChI=1S/C18H16ClN5O5/c1-10(20-17(27)14-3-2-8-29-14)16(26)21-22-18(28)15-13(25)9-24(23-15)12-6-4-11(19)5-7-12/h2-10,25H,1H3,(H,20,27)(H,21,26)(H,22,28)/t10-/m1/s1. The molecule has 3 amide bonds. The molecule has 1 aromatic carbocycles. The van der Waals surface area contributed by atoms with Crippen LogP contribution in [0.1, 0.15) is 28.0 Å². The molecule has 0 aliphatic carbocycles. The first-order valence-electron chi connectivity index (χ1n) is 8.34. The van der Waals surface area contributed by atoms with Crippen LogP contribution in [-0.4, -0.2) is 38.7 Å². The molecule has 3 rings (SSSR count). The molecule has 0 radical (unpaired) electrons. The van der Waals surface area contributed by atoms with E-state index in [2.05, 4.69) is 21.3 Å². The highest BCUT2D eigenvalue weighted by atomic mass is 35.5. The van der Waals surface area contributed by atoms with E-state index in [9.17, 15) is 19.5 Å². The minimum absolute atomic E-state index is 0.0475. The van der Waals surface area contributed by atoms with E-state index in [-0.39, 0.29) is 17.2 Å². The monoisotopic (exact) mass is 417 g/mol. The van der Waals surface area contributed by atoms with Crippen LogP contribution in [0.15, 0.2) is 53.3 Å². The van der Waals surface area contributed by atoms with Crippen LogP contribution < -0.4 is 16.2 Å². The summed E-state index contributed by atoms with van der Waals surface area (Å²) in [5.41, 5.74) is 4.56. The van der Waals surface area contributed by atoms with Crippen molar-refractivity contribution in [2.24, 2.45) is 0 Å². The molecule has 2 heterocycles. The van der Waals surface area contributed by atoms with Gasteiger partial charge in [0, 0.05) is 5.02 Å². The van der Waals surface area contributed by atoms with Crippen LogP contribution in [0.25, 0.3) is 5.69 Å². The van der Waals surface area contributed by atoms with Gasteiger partial charge in [-0.3, -0.25) is 25.2 Å². The summed E-state index contributed by atoms with van der Waals surface area (Å²) in [5.74, 6) is -2.44. The normalized spacial score (nSPS) is 11.5. The average Bonchev–Trinajstić information content (AvgIpc) is 3.36. The molecule has 0 aliphatic rings. The molecular weight excluding hydrogens is 402 g/mol. The minimum Gasteiger partial charge on any atom is -0.504 e. The van der Waals surface area contributed by atoms with E-state index in [1.807, 2.05) is 0 Å². The summed E-state index contributed by atoms with van der Waals surface area (Å²) in [6.45, 7) is 1.43. The van der Waals surface area contributed by atoms with Gasteiger partial charge in [-0.05, 0) is 43.3 Å². The van der Waals surface area contributed by atoms with E-state index in [0.717, 1.165) is 0 Å². The zero-order chi connectivity index (χ0) is 21.0. The lowest BCUT2D eigenvalue weighted by atomic mass is 10.3. The van der Waals surface area contributed by atoms with Crippen LogP contribution in [0.4, 0.5) is 0 Å². The topological polar surface area (TPSA) is 138 Å². The maximum Gasteiger partial charge on any atom is 0.294 e. The number of nitrogens with one attached hydrogen (secondary N) is 3. The summed E-state index contributed by atoms with van der Waals surface area (Å²) in [6, 6.07) is 8.59. The van der Waals surface area contributed by atoms with Crippen molar-refractivity contribution in [1.29, 1.82) is 0 Å². The predicted octanol–water partition coefficient (Wildman–Crippen LogP) is 1.40. The highest BCUT2D eigenvalue weighted by molar-refractivity contribution is 6.30. The van der Waals surface area contributed by atoms with Gasteiger partial charge in [0.25, 0.3) is 17.7 Å². The first-order valence-corrected chi connectivity index (χ1v) is 8.72. The molecule has 0 aliphatic heterocycles. The molecule has 2 aromatic heterocycles. The van der Waals surface area contributed by atoms with Crippen molar-refractivity contribution in [3.63, 3.8) is 0 Å². The smallest absolute Gasteiger partial charge is 0.294 e. The average molecular weight is 418 g/mol. The van der Waals surface area contributed by atoms with E-state index in [1.54, 1.807) is 24.3 Å². The molecule has 3 aromatic rings. The van der Waals surface area contributed by atoms with Gasteiger partial charge in [-0.25, -0.2) is 4.68 Å². The first kappa shape index (κ1) is 20.0. The number of rotatable bonds is 5. The number of furan rings is 1. The number of aromatic hydroxyl groups is 1. The van der Waals surface area contributed by atoms with Crippen molar-refractivity contribution in [3.05, 3.63) is 65.3 Å². The number of nitrogens with zero attached hydrogens (tertiary/aromatic N) is 2. The molecule has 0 saturated heterocycles. The van der Waals surface area contributed by atoms with Crippen LogP contribution >= 0.6 is 11.6 Å². The Kier molecular flexibility index (Phi) is 5.84. The van der Waals surface area contributed by atoms with Gasteiger partial charge in [-0.1, -0.05) is 11.6 Å². The van der Waals surface area contributed by atoms with Crippen LogP contribution in [-0.2, 0) is 4.79 Å². The van der Waals surface area contributed by atoms with Gasteiger partial charge in [0.2, 0.25) is 0 Å². The fraction of sp³-hybridized carbons (Fsp3) is 0.111. The largest absolute Gasteiger partial charge is 0.504 e. The molecular formula is C18H16ClN5O5. The van der Waals surface area contributed by atoms with Crippen LogP contribution in [0.3, 0.4) is 0 Å². The third kappa shape index (κ3) is 4.74. The van der Waals surface area contributed by atoms with Crippen molar-refractivity contribution in [1.82, 2.24) is 25.9 Å². The number of hydrogen-bond donors (Lipinski definition) is 4. The fourth-order valence-corrected chi connectivity index (χ4v) is 2.41. The highest BCUT2D eigenvalue weighted by Gasteiger charge is 2.21. The van der Waals surface area contributed by atoms with E-state index < -0.39 is 23.8 Å². The van der Waals surface area contributed by atoms with Crippen LogP contribution in [0, 0.1) is 0 Å². The number of benzene rings is 1. The quantitative estimate of drug-likeness (QED) is 0.463. The second-order valence-electron chi connectivity index (χ2n) is 5.90. The number of aromatic nitrogens is 2. The van der Waals surface area contributed by atoms with Crippen LogP contribution in [0.5, 0.6) is 5.75 Å². The number of hydrogen-bond acceptors (Lipinski definition) is 6. The minimum atomic E-state index is -0.965. The van der Waals surface area contributed by atoms with Crippen molar-refractivity contribution < 1.29 is 23.9 Å². The van der Waals surface area contributed by atoms with E-state index >= 15 is 0 Å². The maximum absolute atomic E-state index is 12.2. The molecule has 29 heavy (non-hydrogen) atoms. The summed E-state index contributed by atoms with van der Waals surface area (Å²) >= 11 is 5.83. The number of carbonyl (C=O) groups is 3. The fourth-order valence-electron chi connectivity index (χ4n) is 2.28. The zero-order valence-corrected chi connectivity index (χ0v) is 15.8. The number of halogens is 1. The van der Waals surface area contributed by atoms with Gasteiger partial charge >= 0.3 is 0 Å². The third-order valence-electron chi connectivity index (χ3n) is 3.79. The lowest BCUT2D eigenvalue weighted by molar-refractivity contribution is -0.123. The van der Waals surface area contributed by atoms with Gasteiger partial charge in [0.05, 0.1) is 18.1 Å². The highest BCUT2D eigenvalue weighted by Crippen LogP contribution is 2.19. The molecule has 1 atom stereocenters. The second-order valence-corrected chi connectivity index (χ2v) is 6.34. The van der Waals surface area contributed by atoms with Gasteiger partial charge in [-0.2, -0.15) is 5.10 Å². The van der Waals surface area contributed by atoms with E-state index in [4.69, 9.17) is 16.0 Å². The summed E-state index contributed by atoms with van der Waals surface area (Å²) in [7, 11) is 0. The van der Waals surface area contributed by atoms with Crippen molar-refractivity contribution in [3.8, 4) is 11.4 Å². The van der Waals surface area contributed by atoms with Gasteiger partial charge in [0.1, 0.15) is 6.04 Å². The molecule has 11 heteroatoms. The second kappa shape index (κ2) is 8.48. The first-order chi connectivity index (χ1) is 13.8. The Labute approximate surface area is 169 Å². The maximum atomic E-state index is 12.2. The molecule has 0 fully saturated rings. The molecule has 150 valence electrons. The number of amides is 3. The Morgan fingerprint density at radius 3 is 2.52 bits per heavy atom. The Morgan fingerprint density at radius 2 is 1.86 bits per heavy atom. The molecule has 0 spiro atoms. The van der Waals surface area contributed by atoms with Crippen molar-refractivity contribution in [2.75, 3.05) is 0 Å². The lowest BCUT2D eigenvalue weighted by Gasteiger charge is -2.13. The molecule has 10 nitrogen and oxygen atoms in total. The summed E-state index contributed by atoms with van der Waals surface area (Å²) in [4.78, 5) is 36.1. The zero-order valence-electron chi connectivity index (χ0n) is 15.0. The Balaban J connectivity index is 1.58. The van der Waals surface area contributed by atoms with E-state index in [1.165, 1.54) is 36.2 Å². The predicted molar refractivity (Wildman–Crippen MR) is 101 cm³/mol. The molecule has 4 N–H and O–H groups in total. The molecule has 0 unspecified atom stereocenters. The molecule has 0 saturated carbocycles. The van der Waals surface area contributed by atoms with Crippen molar-refractivity contribution in [2.45, 2.75) is 13.0 Å². The summed E-state index contributed by atoms with van der Waals surface area (Å²) in [6.07, 6.45) is 2.57. The van der Waals surface area contributed by atoms with Gasteiger partial charge in [0.15, 0.2) is 17.2 Å². The number of hydrazine groups is 1. The van der Waals surface area contributed by atoms with Gasteiger partial charge < -0.3 is 14.8 Å². The van der Waals surface area contributed by atoms with Gasteiger partial charge in [-0.15, -0.1) is 0 Å². The summed E-state index contributed by atoms with van der Waals surface area (Å²) < 4.78 is 6.22. The Bertz CT molecular complexity index is 1030. The Morgan fingerprint density at radius 1 is 1.14 bits per heavy atom. The molecule has 0 bridgehead atoms. The van der Waals surface area contributed by atoms with E-state index in [0.29, 0.717) is 10.7 Å². The Hall–Kier alpha value is -3.79. The van der Waals surface area contributed by atoms with Crippen molar-refractivity contribution >= 4 is 29.3 Å². The van der Waals surface area contributed by atoms with Crippen LogP contribution in [0.2, 0.25) is 5.02 Å². The number of carbonyl (C=O) groups excluding carboxylic acids is 3.